The lowest BCUT2D eigenvalue weighted by Gasteiger charge is -2.35. The van der Waals surface area contributed by atoms with E-state index in [0.29, 0.717) is 11.3 Å². The number of hydrogen-bond donors (Lipinski definition) is 1. The van der Waals surface area contributed by atoms with Gasteiger partial charge >= 0.3 is 0 Å². The van der Waals surface area contributed by atoms with E-state index in [1.807, 2.05) is 23.9 Å². The predicted octanol–water partition coefficient (Wildman–Crippen LogP) is 4.60. The molecular formula is C15H22ClNS. The van der Waals surface area contributed by atoms with Gasteiger partial charge in [-0.3, -0.25) is 0 Å². The van der Waals surface area contributed by atoms with Gasteiger partial charge in [0.05, 0.1) is 0 Å². The molecule has 0 amide bonds. The second-order valence-electron chi connectivity index (χ2n) is 5.20. The van der Waals surface area contributed by atoms with Gasteiger partial charge in [-0.15, -0.1) is 11.8 Å². The molecule has 0 bridgehead atoms. The highest BCUT2D eigenvalue weighted by Crippen LogP contribution is 2.36. The molecule has 0 saturated heterocycles. The molecule has 0 heterocycles. The quantitative estimate of drug-likeness (QED) is 0.867. The molecule has 0 spiro atoms. The fourth-order valence-electron chi connectivity index (χ4n) is 2.67. The highest BCUT2D eigenvalue weighted by molar-refractivity contribution is 8.00. The first-order valence-corrected chi connectivity index (χ1v) is 8.10. The first-order chi connectivity index (χ1) is 8.69. The molecule has 100 valence electrons. The topological polar surface area (TPSA) is 12.0 Å². The number of thioether (sulfide) groups is 1. The van der Waals surface area contributed by atoms with Crippen molar-refractivity contribution in [3.63, 3.8) is 0 Å². The average Bonchev–Trinajstić information content (AvgIpc) is 2.33. The summed E-state index contributed by atoms with van der Waals surface area (Å²) in [6, 6.07) is 8.87. The van der Waals surface area contributed by atoms with Crippen LogP contribution >= 0.6 is 23.4 Å². The number of halogens is 1. The normalized spacial score (nSPS) is 28.3. The maximum Gasteiger partial charge on any atom is 0.0417 e. The fraction of sp³-hybridized carbons (Fsp3) is 0.600. The van der Waals surface area contributed by atoms with Crippen LogP contribution in [-0.4, -0.2) is 17.8 Å². The van der Waals surface area contributed by atoms with Crippen molar-refractivity contribution in [2.45, 2.75) is 49.3 Å². The summed E-state index contributed by atoms with van der Waals surface area (Å²) < 4.78 is 0. The van der Waals surface area contributed by atoms with Gasteiger partial charge in [-0.1, -0.05) is 31.5 Å². The van der Waals surface area contributed by atoms with Crippen LogP contribution in [0.2, 0.25) is 5.02 Å². The fourth-order valence-corrected chi connectivity index (χ4v) is 4.45. The zero-order valence-electron chi connectivity index (χ0n) is 11.2. The third-order valence-electron chi connectivity index (χ3n) is 3.60. The molecule has 1 aliphatic rings. The number of nitrogens with one attached hydrogen (secondary N) is 1. The molecule has 0 aliphatic heterocycles. The van der Waals surface area contributed by atoms with Crippen molar-refractivity contribution in [1.29, 1.82) is 0 Å². The first-order valence-electron chi connectivity index (χ1n) is 6.84. The number of hydrogen-bond acceptors (Lipinski definition) is 2. The van der Waals surface area contributed by atoms with Crippen molar-refractivity contribution in [2.75, 3.05) is 6.54 Å². The number of rotatable bonds is 4. The monoisotopic (exact) mass is 283 g/mol. The van der Waals surface area contributed by atoms with Gasteiger partial charge in [-0.25, -0.2) is 0 Å². The second kappa shape index (κ2) is 6.83. The maximum absolute atomic E-state index is 6.06. The van der Waals surface area contributed by atoms with Gasteiger partial charge in [0.2, 0.25) is 0 Å². The molecule has 3 heteroatoms. The van der Waals surface area contributed by atoms with Crippen LogP contribution in [0.3, 0.4) is 0 Å². The molecule has 1 saturated carbocycles. The molecular weight excluding hydrogens is 262 g/mol. The van der Waals surface area contributed by atoms with Crippen LogP contribution in [0.25, 0.3) is 0 Å². The van der Waals surface area contributed by atoms with Crippen LogP contribution in [0, 0.1) is 5.92 Å². The van der Waals surface area contributed by atoms with Crippen molar-refractivity contribution in [2.24, 2.45) is 5.92 Å². The van der Waals surface area contributed by atoms with Gasteiger partial charge in [0.25, 0.3) is 0 Å². The highest BCUT2D eigenvalue weighted by Gasteiger charge is 2.28. The summed E-state index contributed by atoms with van der Waals surface area (Å²) in [5, 5.41) is 5.15. The van der Waals surface area contributed by atoms with Crippen LogP contribution in [0.15, 0.2) is 29.2 Å². The lowest BCUT2D eigenvalue weighted by atomic mass is 9.87. The molecule has 3 atom stereocenters. The zero-order valence-corrected chi connectivity index (χ0v) is 12.7. The van der Waals surface area contributed by atoms with E-state index in [1.165, 1.54) is 24.2 Å². The number of benzene rings is 1. The molecule has 3 unspecified atom stereocenters. The average molecular weight is 284 g/mol. The molecule has 1 nitrogen and oxygen atoms in total. The third-order valence-corrected chi connectivity index (χ3v) is 5.19. The maximum atomic E-state index is 6.06. The standard InChI is InChI=1S/C15H22ClNS/c1-3-17-14-8-7-11(2)9-15(14)18-13-6-4-5-12(16)10-13/h4-6,10-11,14-15,17H,3,7-9H2,1-2H3. The summed E-state index contributed by atoms with van der Waals surface area (Å²) >= 11 is 8.04. The van der Waals surface area contributed by atoms with Crippen molar-refractivity contribution in [1.82, 2.24) is 5.32 Å². The molecule has 1 N–H and O–H groups in total. The predicted molar refractivity (Wildman–Crippen MR) is 81.6 cm³/mol. The van der Waals surface area contributed by atoms with E-state index in [1.54, 1.807) is 0 Å². The van der Waals surface area contributed by atoms with E-state index in [0.717, 1.165) is 17.5 Å². The minimum absolute atomic E-state index is 0.648. The summed E-state index contributed by atoms with van der Waals surface area (Å²) in [6.45, 7) is 5.62. The lowest BCUT2D eigenvalue weighted by Crippen LogP contribution is -2.42. The van der Waals surface area contributed by atoms with E-state index in [9.17, 15) is 0 Å². The van der Waals surface area contributed by atoms with E-state index in [4.69, 9.17) is 11.6 Å². The van der Waals surface area contributed by atoms with Crippen LogP contribution in [0.4, 0.5) is 0 Å². The Morgan fingerprint density at radius 1 is 1.39 bits per heavy atom. The van der Waals surface area contributed by atoms with E-state index in [-0.39, 0.29) is 0 Å². The molecule has 1 fully saturated rings. The Hall–Kier alpha value is -0.180. The molecule has 2 rings (SSSR count). The summed E-state index contributed by atoms with van der Waals surface area (Å²) in [4.78, 5) is 1.30. The van der Waals surface area contributed by atoms with Gasteiger partial charge in [-0.05, 0) is 49.9 Å². The molecule has 1 aliphatic carbocycles. The molecule has 0 radical (unpaired) electrons. The van der Waals surface area contributed by atoms with Gasteiger partial charge in [0.15, 0.2) is 0 Å². The van der Waals surface area contributed by atoms with Crippen molar-refractivity contribution >= 4 is 23.4 Å². The first kappa shape index (κ1) is 14.2. The van der Waals surface area contributed by atoms with Gasteiger partial charge in [0.1, 0.15) is 0 Å². The van der Waals surface area contributed by atoms with Crippen LogP contribution in [0.1, 0.15) is 33.1 Å². The summed E-state index contributed by atoms with van der Waals surface area (Å²) in [5.41, 5.74) is 0. The van der Waals surface area contributed by atoms with Crippen LogP contribution in [-0.2, 0) is 0 Å². The van der Waals surface area contributed by atoms with Crippen LogP contribution < -0.4 is 5.32 Å². The molecule has 18 heavy (non-hydrogen) atoms. The van der Waals surface area contributed by atoms with E-state index >= 15 is 0 Å². The molecule has 0 aromatic heterocycles. The second-order valence-corrected chi connectivity index (χ2v) is 6.95. The Morgan fingerprint density at radius 3 is 2.94 bits per heavy atom. The Morgan fingerprint density at radius 2 is 2.22 bits per heavy atom. The van der Waals surface area contributed by atoms with Crippen molar-refractivity contribution in [3.8, 4) is 0 Å². The largest absolute Gasteiger partial charge is 0.313 e. The summed E-state index contributed by atoms with van der Waals surface area (Å²) in [6.07, 6.45) is 3.95. The lowest BCUT2D eigenvalue weighted by molar-refractivity contribution is 0.321. The molecule has 1 aromatic carbocycles. The van der Waals surface area contributed by atoms with Crippen molar-refractivity contribution in [3.05, 3.63) is 29.3 Å². The van der Waals surface area contributed by atoms with Gasteiger partial charge < -0.3 is 5.32 Å². The Kier molecular flexibility index (Phi) is 5.40. The van der Waals surface area contributed by atoms with E-state index in [2.05, 4.69) is 31.3 Å². The smallest absolute Gasteiger partial charge is 0.0417 e. The molecule has 1 aromatic rings. The SMILES string of the molecule is CCNC1CCC(C)CC1Sc1cccc(Cl)c1. The minimum atomic E-state index is 0.648. The van der Waals surface area contributed by atoms with Gasteiger partial charge in [-0.2, -0.15) is 0 Å². The van der Waals surface area contributed by atoms with E-state index < -0.39 is 0 Å². The van der Waals surface area contributed by atoms with Crippen LogP contribution in [0.5, 0.6) is 0 Å². The zero-order chi connectivity index (χ0) is 13.0. The summed E-state index contributed by atoms with van der Waals surface area (Å²) in [7, 11) is 0. The summed E-state index contributed by atoms with van der Waals surface area (Å²) in [5.74, 6) is 0.844. The van der Waals surface area contributed by atoms with Crippen molar-refractivity contribution < 1.29 is 0 Å². The Bertz CT molecular complexity index is 383. The highest BCUT2D eigenvalue weighted by atomic mass is 35.5. The minimum Gasteiger partial charge on any atom is -0.313 e. The Balaban J connectivity index is 2.03. The third kappa shape index (κ3) is 3.91. The Labute approximate surface area is 120 Å². The van der Waals surface area contributed by atoms with Gasteiger partial charge in [0, 0.05) is 21.2 Å².